The van der Waals surface area contributed by atoms with Gasteiger partial charge in [-0.3, -0.25) is 4.40 Å². The standard InChI is InChI=1S/C17H19N9/c1-13-11-14-15(18-4-8-26(14)22-13)23-5-2-6-24(10-9-23)16-17-21-20-12-25(17)7-3-19-16/h3-4,7-8,11-12H,2,5-6,9-10H2,1H3. The minimum atomic E-state index is 0.799. The summed E-state index contributed by atoms with van der Waals surface area (Å²) >= 11 is 0. The van der Waals surface area contributed by atoms with E-state index in [1.54, 1.807) is 12.5 Å². The van der Waals surface area contributed by atoms with Crippen LogP contribution in [0.4, 0.5) is 11.6 Å². The van der Waals surface area contributed by atoms with Crippen molar-refractivity contribution in [1.29, 1.82) is 0 Å². The smallest absolute Gasteiger partial charge is 0.203 e. The van der Waals surface area contributed by atoms with Crippen molar-refractivity contribution < 1.29 is 0 Å². The molecular weight excluding hydrogens is 330 g/mol. The Morgan fingerprint density at radius 2 is 1.69 bits per heavy atom. The number of aryl methyl sites for hydroxylation is 1. The molecule has 0 amide bonds. The lowest BCUT2D eigenvalue weighted by molar-refractivity contribution is 0.791. The average Bonchev–Trinajstić information content (AvgIpc) is 3.20. The van der Waals surface area contributed by atoms with Crippen LogP contribution in [0.25, 0.3) is 11.2 Å². The summed E-state index contributed by atoms with van der Waals surface area (Å²) in [6.07, 6.45) is 10.1. The van der Waals surface area contributed by atoms with E-state index < -0.39 is 0 Å². The molecule has 0 atom stereocenters. The van der Waals surface area contributed by atoms with Gasteiger partial charge in [-0.05, 0) is 19.4 Å². The van der Waals surface area contributed by atoms with Crippen LogP contribution in [0.15, 0.2) is 37.2 Å². The molecule has 26 heavy (non-hydrogen) atoms. The van der Waals surface area contributed by atoms with Crippen molar-refractivity contribution >= 4 is 22.8 Å². The Kier molecular flexibility index (Phi) is 3.44. The molecular formula is C17H19N9. The number of anilines is 2. The third-order valence-corrected chi connectivity index (χ3v) is 4.78. The van der Waals surface area contributed by atoms with Gasteiger partial charge in [0.2, 0.25) is 5.65 Å². The van der Waals surface area contributed by atoms with Gasteiger partial charge in [0, 0.05) is 51.0 Å². The van der Waals surface area contributed by atoms with Gasteiger partial charge in [0.05, 0.1) is 5.69 Å². The van der Waals surface area contributed by atoms with E-state index in [0.717, 1.165) is 61.1 Å². The monoisotopic (exact) mass is 349 g/mol. The van der Waals surface area contributed by atoms with E-state index >= 15 is 0 Å². The lowest BCUT2D eigenvalue weighted by Gasteiger charge is -2.23. The van der Waals surface area contributed by atoms with Crippen molar-refractivity contribution in [2.45, 2.75) is 13.3 Å². The first-order valence-corrected chi connectivity index (χ1v) is 8.75. The summed E-state index contributed by atoms with van der Waals surface area (Å²) in [4.78, 5) is 13.8. The Bertz CT molecular complexity index is 1070. The van der Waals surface area contributed by atoms with Crippen LogP contribution in [0.3, 0.4) is 0 Å². The highest BCUT2D eigenvalue weighted by molar-refractivity contribution is 5.69. The number of hydrogen-bond donors (Lipinski definition) is 0. The maximum atomic E-state index is 4.63. The summed E-state index contributed by atoms with van der Waals surface area (Å²) in [5, 5.41) is 12.7. The van der Waals surface area contributed by atoms with Gasteiger partial charge in [-0.15, -0.1) is 10.2 Å². The van der Waals surface area contributed by atoms with Crippen LogP contribution in [0, 0.1) is 6.92 Å². The van der Waals surface area contributed by atoms with Gasteiger partial charge < -0.3 is 9.80 Å². The van der Waals surface area contributed by atoms with Crippen LogP contribution in [0.2, 0.25) is 0 Å². The summed E-state index contributed by atoms with van der Waals surface area (Å²) < 4.78 is 3.81. The molecule has 0 unspecified atom stereocenters. The van der Waals surface area contributed by atoms with E-state index in [9.17, 15) is 0 Å². The van der Waals surface area contributed by atoms with E-state index in [-0.39, 0.29) is 0 Å². The van der Waals surface area contributed by atoms with E-state index in [1.165, 1.54) is 0 Å². The molecule has 0 spiro atoms. The molecule has 0 N–H and O–H groups in total. The van der Waals surface area contributed by atoms with Crippen LogP contribution in [0.1, 0.15) is 12.1 Å². The SMILES string of the molecule is Cc1cc2c(N3CCCN(c4nccn5cnnc45)CC3)nccn2n1. The Morgan fingerprint density at radius 3 is 2.58 bits per heavy atom. The lowest BCUT2D eigenvalue weighted by Crippen LogP contribution is -2.32. The van der Waals surface area contributed by atoms with Gasteiger partial charge in [-0.25, -0.2) is 14.5 Å². The summed E-state index contributed by atoms with van der Waals surface area (Å²) in [5.74, 6) is 1.88. The Hall–Kier alpha value is -3.23. The fraction of sp³-hybridized carbons (Fsp3) is 0.353. The fourth-order valence-corrected chi connectivity index (χ4v) is 3.58. The summed E-state index contributed by atoms with van der Waals surface area (Å²) in [7, 11) is 0. The molecule has 0 bridgehead atoms. The van der Waals surface area contributed by atoms with Crippen molar-refractivity contribution in [3.8, 4) is 0 Å². The van der Waals surface area contributed by atoms with Gasteiger partial charge in [0.15, 0.2) is 11.6 Å². The van der Waals surface area contributed by atoms with Gasteiger partial charge in [0.1, 0.15) is 11.8 Å². The lowest BCUT2D eigenvalue weighted by atomic mass is 10.3. The topological polar surface area (TPSA) is 79.8 Å². The minimum Gasteiger partial charge on any atom is -0.353 e. The second-order valence-electron chi connectivity index (χ2n) is 6.51. The normalized spacial score (nSPS) is 15.7. The second-order valence-corrected chi connectivity index (χ2v) is 6.51. The average molecular weight is 349 g/mol. The maximum absolute atomic E-state index is 4.63. The molecule has 4 aromatic rings. The highest BCUT2D eigenvalue weighted by atomic mass is 15.3. The summed E-state index contributed by atoms with van der Waals surface area (Å²) in [5.41, 5.74) is 2.85. The predicted octanol–water partition coefficient (Wildman–Crippen LogP) is 1.19. The van der Waals surface area contributed by atoms with E-state index in [2.05, 4.69) is 41.1 Å². The maximum Gasteiger partial charge on any atom is 0.203 e. The molecule has 132 valence electrons. The zero-order chi connectivity index (χ0) is 17.5. The number of rotatable bonds is 2. The molecule has 0 saturated carbocycles. The highest BCUT2D eigenvalue weighted by Crippen LogP contribution is 2.23. The molecule has 0 aliphatic carbocycles. The third-order valence-electron chi connectivity index (χ3n) is 4.78. The van der Waals surface area contributed by atoms with Crippen LogP contribution in [-0.4, -0.2) is 60.4 Å². The quantitative estimate of drug-likeness (QED) is 0.538. The number of hydrogen-bond acceptors (Lipinski definition) is 7. The molecule has 0 radical (unpaired) electrons. The van der Waals surface area contributed by atoms with Gasteiger partial charge >= 0.3 is 0 Å². The molecule has 1 fully saturated rings. The largest absolute Gasteiger partial charge is 0.353 e. The fourth-order valence-electron chi connectivity index (χ4n) is 3.58. The molecule has 9 nitrogen and oxygen atoms in total. The Labute approximate surface area is 149 Å². The molecule has 0 aromatic carbocycles. The molecule has 9 heteroatoms. The van der Waals surface area contributed by atoms with E-state index in [1.807, 2.05) is 34.4 Å². The minimum absolute atomic E-state index is 0.799. The highest BCUT2D eigenvalue weighted by Gasteiger charge is 2.21. The van der Waals surface area contributed by atoms with Crippen LogP contribution >= 0.6 is 0 Å². The third kappa shape index (κ3) is 2.43. The van der Waals surface area contributed by atoms with E-state index in [0.29, 0.717) is 0 Å². The van der Waals surface area contributed by atoms with Crippen molar-refractivity contribution in [3.63, 3.8) is 0 Å². The van der Waals surface area contributed by atoms with Crippen molar-refractivity contribution in [1.82, 2.24) is 34.2 Å². The van der Waals surface area contributed by atoms with E-state index in [4.69, 9.17) is 0 Å². The number of nitrogens with zero attached hydrogens (tertiary/aromatic N) is 9. The van der Waals surface area contributed by atoms with Crippen molar-refractivity contribution in [2.24, 2.45) is 0 Å². The molecule has 1 saturated heterocycles. The molecule has 1 aliphatic heterocycles. The Balaban J connectivity index is 1.44. The summed E-state index contributed by atoms with van der Waals surface area (Å²) in [6.45, 7) is 5.61. The first-order valence-electron chi connectivity index (χ1n) is 8.75. The molecule has 1 aliphatic rings. The van der Waals surface area contributed by atoms with Crippen LogP contribution in [-0.2, 0) is 0 Å². The Morgan fingerprint density at radius 1 is 0.923 bits per heavy atom. The zero-order valence-electron chi connectivity index (χ0n) is 14.5. The summed E-state index contributed by atoms with van der Waals surface area (Å²) in [6, 6.07) is 2.09. The van der Waals surface area contributed by atoms with Gasteiger partial charge in [-0.2, -0.15) is 5.10 Å². The molecule has 5 heterocycles. The second kappa shape index (κ2) is 5.94. The first kappa shape index (κ1) is 15.1. The predicted molar refractivity (Wildman–Crippen MR) is 97.5 cm³/mol. The van der Waals surface area contributed by atoms with Crippen LogP contribution in [0.5, 0.6) is 0 Å². The van der Waals surface area contributed by atoms with Gasteiger partial charge in [0.25, 0.3) is 0 Å². The van der Waals surface area contributed by atoms with Crippen molar-refractivity contribution in [2.75, 3.05) is 36.0 Å². The van der Waals surface area contributed by atoms with Crippen molar-refractivity contribution in [3.05, 3.63) is 42.9 Å². The van der Waals surface area contributed by atoms with Crippen LogP contribution < -0.4 is 9.80 Å². The zero-order valence-corrected chi connectivity index (χ0v) is 14.5. The number of aromatic nitrogens is 7. The number of fused-ring (bicyclic) bond motifs is 2. The molecule has 5 rings (SSSR count). The van der Waals surface area contributed by atoms with Gasteiger partial charge in [-0.1, -0.05) is 0 Å². The first-order chi connectivity index (χ1) is 12.8. The molecule has 4 aromatic heterocycles.